The van der Waals surface area contributed by atoms with Gasteiger partial charge in [-0.15, -0.1) is 0 Å². The Bertz CT molecular complexity index is 485. The molecule has 0 aliphatic rings. The van der Waals surface area contributed by atoms with Crippen LogP contribution in [-0.2, 0) is 0 Å². The SMILES string of the molecule is COc1nc(C)nc2cccc(Br)c12. The normalized spacial score (nSPS) is 10.5. The molecule has 1 heterocycles. The second-order valence-electron chi connectivity index (χ2n) is 2.91. The molecule has 0 atom stereocenters. The summed E-state index contributed by atoms with van der Waals surface area (Å²) in [6.07, 6.45) is 0. The van der Waals surface area contributed by atoms with E-state index in [0.29, 0.717) is 11.7 Å². The highest BCUT2D eigenvalue weighted by atomic mass is 79.9. The van der Waals surface area contributed by atoms with Crippen LogP contribution < -0.4 is 4.74 Å². The third-order valence-electron chi connectivity index (χ3n) is 1.94. The van der Waals surface area contributed by atoms with E-state index in [9.17, 15) is 0 Å². The van der Waals surface area contributed by atoms with E-state index < -0.39 is 0 Å². The number of aromatic nitrogens is 2. The number of fused-ring (bicyclic) bond motifs is 1. The van der Waals surface area contributed by atoms with Crippen LogP contribution in [0.5, 0.6) is 5.88 Å². The number of benzene rings is 1. The lowest BCUT2D eigenvalue weighted by Crippen LogP contribution is -1.95. The number of hydrogen-bond donors (Lipinski definition) is 0. The van der Waals surface area contributed by atoms with Gasteiger partial charge in [0.15, 0.2) is 0 Å². The number of halogens is 1. The van der Waals surface area contributed by atoms with Crippen molar-refractivity contribution in [3.8, 4) is 5.88 Å². The van der Waals surface area contributed by atoms with Gasteiger partial charge >= 0.3 is 0 Å². The largest absolute Gasteiger partial charge is 0.480 e. The van der Waals surface area contributed by atoms with Crippen molar-refractivity contribution in [3.63, 3.8) is 0 Å². The van der Waals surface area contributed by atoms with Crippen molar-refractivity contribution < 1.29 is 4.74 Å². The fourth-order valence-corrected chi connectivity index (χ4v) is 1.89. The summed E-state index contributed by atoms with van der Waals surface area (Å²) >= 11 is 3.45. The number of aryl methyl sites for hydroxylation is 1. The lowest BCUT2D eigenvalue weighted by atomic mass is 10.2. The van der Waals surface area contributed by atoms with E-state index >= 15 is 0 Å². The lowest BCUT2D eigenvalue weighted by Gasteiger charge is -2.06. The average Bonchev–Trinajstić information content (AvgIpc) is 2.16. The zero-order chi connectivity index (χ0) is 10.1. The van der Waals surface area contributed by atoms with Crippen molar-refractivity contribution in [1.82, 2.24) is 9.97 Å². The molecule has 1 aromatic heterocycles. The van der Waals surface area contributed by atoms with E-state index in [1.165, 1.54) is 0 Å². The molecule has 0 saturated carbocycles. The zero-order valence-corrected chi connectivity index (χ0v) is 9.50. The van der Waals surface area contributed by atoms with Gasteiger partial charge in [0.05, 0.1) is 18.0 Å². The third-order valence-corrected chi connectivity index (χ3v) is 2.61. The Morgan fingerprint density at radius 3 is 2.79 bits per heavy atom. The summed E-state index contributed by atoms with van der Waals surface area (Å²) in [5.41, 5.74) is 0.892. The summed E-state index contributed by atoms with van der Waals surface area (Å²) < 4.78 is 6.16. The van der Waals surface area contributed by atoms with Gasteiger partial charge in [-0.3, -0.25) is 0 Å². The van der Waals surface area contributed by atoms with Crippen molar-refractivity contribution in [2.45, 2.75) is 6.92 Å². The molecule has 0 bridgehead atoms. The molecule has 72 valence electrons. The first-order valence-electron chi connectivity index (χ1n) is 4.19. The molecule has 0 amide bonds. The third kappa shape index (κ3) is 1.46. The van der Waals surface area contributed by atoms with E-state index in [0.717, 1.165) is 15.4 Å². The fourth-order valence-electron chi connectivity index (χ4n) is 1.37. The van der Waals surface area contributed by atoms with Crippen LogP contribution in [0.1, 0.15) is 5.82 Å². The molecule has 0 spiro atoms. The van der Waals surface area contributed by atoms with Crippen molar-refractivity contribution in [2.75, 3.05) is 7.11 Å². The summed E-state index contributed by atoms with van der Waals surface area (Å²) in [5, 5.41) is 0.917. The molecule has 0 saturated heterocycles. The second kappa shape index (κ2) is 3.53. The first-order chi connectivity index (χ1) is 6.72. The maximum Gasteiger partial charge on any atom is 0.225 e. The Hall–Kier alpha value is -1.16. The molecule has 0 aliphatic carbocycles. The van der Waals surface area contributed by atoms with Crippen LogP contribution in [0.3, 0.4) is 0 Å². The van der Waals surface area contributed by atoms with E-state index in [-0.39, 0.29) is 0 Å². The highest BCUT2D eigenvalue weighted by Gasteiger charge is 2.08. The summed E-state index contributed by atoms with van der Waals surface area (Å²) in [6.45, 7) is 1.85. The van der Waals surface area contributed by atoms with Crippen LogP contribution in [0.15, 0.2) is 22.7 Å². The highest BCUT2D eigenvalue weighted by molar-refractivity contribution is 9.10. The van der Waals surface area contributed by atoms with Gasteiger partial charge in [0.1, 0.15) is 5.82 Å². The van der Waals surface area contributed by atoms with Gasteiger partial charge in [-0.25, -0.2) is 4.98 Å². The van der Waals surface area contributed by atoms with Crippen LogP contribution in [-0.4, -0.2) is 17.1 Å². The molecule has 2 aromatic rings. The summed E-state index contributed by atoms with van der Waals surface area (Å²) in [7, 11) is 1.61. The maximum absolute atomic E-state index is 5.21. The molecule has 0 aliphatic heterocycles. The zero-order valence-electron chi connectivity index (χ0n) is 7.91. The van der Waals surface area contributed by atoms with E-state index in [1.807, 2.05) is 25.1 Å². The van der Waals surface area contributed by atoms with Crippen LogP contribution >= 0.6 is 15.9 Å². The highest BCUT2D eigenvalue weighted by Crippen LogP contribution is 2.29. The summed E-state index contributed by atoms with van der Waals surface area (Å²) in [6, 6.07) is 5.83. The number of ether oxygens (including phenoxy) is 1. The number of methoxy groups -OCH3 is 1. The van der Waals surface area contributed by atoms with Crippen molar-refractivity contribution in [2.24, 2.45) is 0 Å². The predicted octanol–water partition coefficient (Wildman–Crippen LogP) is 2.71. The van der Waals surface area contributed by atoms with Gasteiger partial charge in [0.2, 0.25) is 5.88 Å². The predicted molar refractivity (Wildman–Crippen MR) is 58.5 cm³/mol. The van der Waals surface area contributed by atoms with Gasteiger partial charge in [0, 0.05) is 4.47 Å². The molecular formula is C10H9BrN2O. The Morgan fingerprint density at radius 1 is 1.29 bits per heavy atom. The molecule has 14 heavy (non-hydrogen) atoms. The maximum atomic E-state index is 5.21. The molecule has 0 fully saturated rings. The molecule has 0 unspecified atom stereocenters. The first kappa shape index (κ1) is 9.40. The van der Waals surface area contributed by atoms with E-state index in [2.05, 4.69) is 25.9 Å². The minimum atomic E-state index is 0.611. The van der Waals surface area contributed by atoms with Crippen molar-refractivity contribution in [1.29, 1.82) is 0 Å². The number of rotatable bonds is 1. The minimum Gasteiger partial charge on any atom is -0.480 e. The van der Waals surface area contributed by atoms with Crippen LogP contribution in [0.2, 0.25) is 0 Å². The molecular weight excluding hydrogens is 244 g/mol. The Kier molecular flexibility index (Phi) is 2.37. The number of hydrogen-bond acceptors (Lipinski definition) is 3. The summed E-state index contributed by atoms with van der Waals surface area (Å²) in [5.74, 6) is 1.33. The molecule has 0 radical (unpaired) electrons. The molecule has 0 N–H and O–H groups in total. The van der Waals surface area contributed by atoms with Gasteiger partial charge in [-0.2, -0.15) is 4.98 Å². The van der Waals surface area contributed by atoms with Crippen LogP contribution in [0.25, 0.3) is 10.9 Å². The monoisotopic (exact) mass is 252 g/mol. The smallest absolute Gasteiger partial charge is 0.225 e. The molecule has 3 nitrogen and oxygen atoms in total. The van der Waals surface area contributed by atoms with Crippen molar-refractivity contribution in [3.05, 3.63) is 28.5 Å². The lowest BCUT2D eigenvalue weighted by molar-refractivity contribution is 0.401. The van der Waals surface area contributed by atoms with E-state index in [4.69, 9.17) is 4.74 Å². The number of nitrogens with zero attached hydrogens (tertiary/aromatic N) is 2. The second-order valence-corrected chi connectivity index (χ2v) is 3.77. The Morgan fingerprint density at radius 2 is 2.07 bits per heavy atom. The molecule has 4 heteroatoms. The average molecular weight is 253 g/mol. The molecule has 2 rings (SSSR count). The fraction of sp³-hybridized carbons (Fsp3) is 0.200. The first-order valence-corrected chi connectivity index (χ1v) is 4.98. The van der Waals surface area contributed by atoms with Gasteiger partial charge < -0.3 is 4.74 Å². The van der Waals surface area contributed by atoms with Gasteiger partial charge in [0.25, 0.3) is 0 Å². The van der Waals surface area contributed by atoms with Crippen LogP contribution in [0, 0.1) is 6.92 Å². The van der Waals surface area contributed by atoms with Gasteiger partial charge in [-0.1, -0.05) is 6.07 Å². The summed E-state index contributed by atoms with van der Waals surface area (Å²) in [4.78, 5) is 8.54. The Balaban J connectivity index is 2.88. The quantitative estimate of drug-likeness (QED) is 0.783. The van der Waals surface area contributed by atoms with Gasteiger partial charge in [-0.05, 0) is 35.0 Å². The Labute approximate surface area is 90.3 Å². The van der Waals surface area contributed by atoms with Crippen LogP contribution in [0.4, 0.5) is 0 Å². The van der Waals surface area contributed by atoms with E-state index in [1.54, 1.807) is 7.11 Å². The molecule has 1 aromatic carbocycles. The minimum absolute atomic E-state index is 0.611. The topological polar surface area (TPSA) is 35.0 Å². The van der Waals surface area contributed by atoms with Crippen molar-refractivity contribution >= 4 is 26.8 Å². The standard InChI is InChI=1S/C10H9BrN2O/c1-6-12-8-5-3-4-7(11)9(8)10(13-6)14-2/h3-5H,1-2H3.